The van der Waals surface area contributed by atoms with Crippen molar-refractivity contribution >= 4 is 12.4 Å². The van der Waals surface area contributed by atoms with E-state index in [9.17, 15) is 0 Å². The third-order valence-corrected chi connectivity index (χ3v) is 2.21. The lowest BCUT2D eigenvalue weighted by Crippen LogP contribution is -2.11. The average Bonchev–Trinajstić information content (AvgIpc) is 2.19. The molecular weight excluding hydrogens is 174 g/mol. The summed E-state index contributed by atoms with van der Waals surface area (Å²) >= 11 is 0. The summed E-state index contributed by atoms with van der Waals surface area (Å²) in [6.07, 6.45) is 7.67. The summed E-state index contributed by atoms with van der Waals surface area (Å²) in [6.45, 7) is 4.01. The molecular formula is C11H13N3. The number of rotatable bonds is 1. The largest absolute Gasteiger partial charge is 0.270 e. The molecule has 0 radical (unpaired) electrons. The Morgan fingerprint density at radius 3 is 2.50 bits per heavy atom. The summed E-state index contributed by atoms with van der Waals surface area (Å²) in [6, 6.07) is 2.12. The molecule has 0 bridgehead atoms. The zero-order valence-electron chi connectivity index (χ0n) is 8.38. The first-order valence-corrected chi connectivity index (χ1v) is 4.74. The first-order chi connectivity index (χ1) is 6.75. The highest BCUT2D eigenvalue weighted by Gasteiger charge is 2.10. The first-order valence-electron chi connectivity index (χ1n) is 4.74. The Morgan fingerprint density at radius 2 is 1.86 bits per heavy atom. The molecule has 0 aromatic carbocycles. The summed E-state index contributed by atoms with van der Waals surface area (Å²) in [5.74, 6) is 0.193. The van der Waals surface area contributed by atoms with E-state index in [1.165, 1.54) is 5.56 Å². The number of aliphatic imine (C=N–C) groups is 2. The van der Waals surface area contributed by atoms with E-state index < -0.39 is 0 Å². The van der Waals surface area contributed by atoms with Crippen molar-refractivity contribution in [3.63, 3.8) is 0 Å². The molecule has 0 aliphatic carbocycles. The van der Waals surface area contributed by atoms with Gasteiger partial charge in [-0.15, -0.1) is 0 Å². The molecule has 72 valence electrons. The van der Waals surface area contributed by atoms with Crippen molar-refractivity contribution in [1.82, 2.24) is 4.98 Å². The number of pyridine rings is 1. The van der Waals surface area contributed by atoms with Crippen LogP contribution in [0, 0.1) is 6.92 Å². The van der Waals surface area contributed by atoms with Crippen molar-refractivity contribution in [3.05, 3.63) is 29.6 Å². The molecule has 0 amide bonds. The van der Waals surface area contributed by atoms with Gasteiger partial charge in [0.05, 0.1) is 5.92 Å². The number of nitrogens with zero attached hydrogens (tertiary/aromatic N) is 3. The van der Waals surface area contributed by atoms with Crippen LogP contribution >= 0.6 is 0 Å². The van der Waals surface area contributed by atoms with Crippen LogP contribution in [0.2, 0.25) is 0 Å². The van der Waals surface area contributed by atoms with Crippen LogP contribution in [0.3, 0.4) is 0 Å². The van der Waals surface area contributed by atoms with Crippen LogP contribution in [0.25, 0.3) is 0 Å². The van der Waals surface area contributed by atoms with Gasteiger partial charge in [-0.3, -0.25) is 15.0 Å². The minimum Gasteiger partial charge on any atom is -0.270 e. The topological polar surface area (TPSA) is 37.6 Å². The van der Waals surface area contributed by atoms with E-state index >= 15 is 0 Å². The Hall–Kier alpha value is -1.51. The second-order valence-electron chi connectivity index (χ2n) is 3.55. The number of hydrogen-bond donors (Lipinski definition) is 0. The van der Waals surface area contributed by atoms with Gasteiger partial charge in [-0.2, -0.15) is 0 Å². The van der Waals surface area contributed by atoms with Crippen LogP contribution in [-0.4, -0.2) is 23.6 Å². The number of aromatic nitrogens is 1. The lowest BCUT2D eigenvalue weighted by atomic mass is 10.0. The molecule has 1 aliphatic rings. The van der Waals surface area contributed by atoms with Gasteiger partial charge in [0, 0.05) is 24.8 Å². The van der Waals surface area contributed by atoms with Crippen molar-refractivity contribution in [1.29, 1.82) is 0 Å². The Morgan fingerprint density at radius 1 is 1.14 bits per heavy atom. The zero-order chi connectivity index (χ0) is 9.97. The minimum atomic E-state index is 0.0732. The highest BCUT2D eigenvalue weighted by atomic mass is 15.0. The standard InChI is InChI=1S/C11H13N3/c1-8-3-10(5-12-4-8)11-6-13-9(2)14-7-11/h3-7,9,11H,1-2H3. The van der Waals surface area contributed by atoms with E-state index in [-0.39, 0.29) is 12.1 Å². The van der Waals surface area contributed by atoms with Crippen molar-refractivity contribution in [3.8, 4) is 0 Å². The molecule has 0 unspecified atom stereocenters. The number of hydrogen-bond acceptors (Lipinski definition) is 3. The Labute approximate surface area is 83.6 Å². The van der Waals surface area contributed by atoms with E-state index in [4.69, 9.17) is 0 Å². The Kier molecular flexibility index (Phi) is 2.39. The maximum atomic E-state index is 4.27. The normalized spacial score (nSPS) is 25.3. The summed E-state index contributed by atoms with van der Waals surface area (Å²) in [4.78, 5) is 12.7. The fourth-order valence-electron chi connectivity index (χ4n) is 1.44. The molecule has 0 spiro atoms. The van der Waals surface area contributed by atoms with Gasteiger partial charge < -0.3 is 0 Å². The van der Waals surface area contributed by atoms with Crippen molar-refractivity contribution in [2.75, 3.05) is 0 Å². The third-order valence-electron chi connectivity index (χ3n) is 2.21. The molecule has 3 heteroatoms. The predicted molar refractivity (Wildman–Crippen MR) is 58.2 cm³/mol. The second kappa shape index (κ2) is 3.70. The van der Waals surface area contributed by atoms with Gasteiger partial charge in [0.25, 0.3) is 0 Å². The smallest absolute Gasteiger partial charge is 0.136 e. The molecule has 0 fully saturated rings. The van der Waals surface area contributed by atoms with Crippen LogP contribution < -0.4 is 0 Å². The third kappa shape index (κ3) is 1.87. The van der Waals surface area contributed by atoms with Crippen LogP contribution in [0.5, 0.6) is 0 Å². The van der Waals surface area contributed by atoms with Crippen molar-refractivity contribution in [2.24, 2.45) is 9.98 Å². The maximum Gasteiger partial charge on any atom is 0.136 e. The van der Waals surface area contributed by atoms with Gasteiger partial charge in [-0.05, 0) is 25.0 Å². The fraction of sp³-hybridized carbons (Fsp3) is 0.364. The number of aryl methyl sites for hydroxylation is 1. The molecule has 0 N–H and O–H groups in total. The highest BCUT2D eigenvalue weighted by Crippen LogP contribution is 2.15. The second-order valence-corrected chi connectivity index (χ2v) is 3.55. The summed E-state index contributed by atoms with van der Waals surface area (Å²) in [5, 5.41) is 0. The monoisotopic (exact) mass is 187 g/mol. The zero-order valence-corrected chi connectivity index (χ0v) is 8.38. The van der Waals surface area contributed by atoms with Crippen LogP contribution in [0.15, 0.2) is 28.4 Å². The predicted octanol–water partition coefficient (Wildman–Crippen LogP) is 1.97. The van der Waals surface area contributed by atoms with E-state index in [1.54, 1.807) is 0 Å². The van der Waals surface area contributed by atoms with Crippen LogP contribution in [0.4, 0.5) is 0 Å². The van der Waals surface area contributed by atoms with Crippen molar-refractivity contribution in [2.45, 2.75) is 25.9 Å². The van der Waals surface area contributed by atoms with Crippen LogP contribution in [0.1, 0.15) is 24.0 Å². The molecule has 1 aromatic heterocycles. The Balaban J connectivity index is 2.24. The molecule has 0 atom stereocenters. The molecule has 1 aliphatic heterocycles. The average molecular weight is 187 g/mol. The summed E-state index contributed by atoms with van der Waals surface area (Å²) in [5.41, 5.74) is 2.33. The van der Waals surface area contributed by atoms with Gasteiger partial charge >= 0.3 is 0 Å². The quantitative estimate of drug-likeness (QED) is 0.662. The van der Waals surface area contributed by atoms with E-state index in [2.05, 4.69) is 21.0 Å². The van der Waals surface area contributed by atoms with Crippen LogP contribution in [-0.2, 0) is 0 Å². The highest BCUT2D eigenvalue weighted by molar-refractivity contribution is 5.91. The van der Waals surface area contributed by atoms with E-state index in [1.807, 2.05) is 38.7 Å². The minimum absolute atomic E-state index is 0.0732. The van der Waals surface area contributed by atoms with Gasteiger partial charge in [-0.25, -0.2) is 0 Å². The van der Waals surface area contributed by atoms with Gasteiger partial charge in [0.1, 0.15) is 6.17 Å². The summed E-state index contributed by atoms with van der Waals surface area (Å²) in [7, 11) is 0. The maximum absolute atomic E-state index is 4.27. The van der Waals surface area contributed by atoms with Gasteiger partial charge in [0.15, 0.2) is 0 Å². The fourth-order valence-corrected chi connectivity index (χ4v) is 1.44. The lowest BCUT2D eigenvalue weighted by molar-refractivity contribution is 0.783. The van der Waals surface area contributed by atoms with Gasteiger partial charge in [0.2, 0.25) is 0 Å². The first kappa shape index (κ1) is 9.06. The van der Waals surface area contributed by atoms with Crippen molar-refractivity contribution < 1.29 is 0 Å². The molecule has 3 nitrogen and oxygen atoms in total. The lowest BCUT2D eigenvalue weighted by Gasteiger charge is -2.12. The Bertz CT molecular complexity index is 368. The molecule has 0 saturated heterocycles. The molecule has 2 heterocycles. The van der Waals surface area contributed by atoms with Gasteiger partial charge in [-0.1, -0.05) is 6.07 Å². The molecule has 0 saturated carbocycles. The molecule has 2 rings (SSSR count). The SMILES string of the molecule is Cc1cncc(C2C=NC(C)N=C2)c1. The summed E-state index contributed by atoms with van der Waals surface area (Å²) < 4.78 is 0. The van der Waals surface area contributed by atoms with E-state index in [0.717, 1.165) is 5.56 Å². The molecule has 1 aromatic rings. The van der Waals surface area contributed by atoms with E-state index in [0.29, 0.717) is 0 Å². The molecule has 14 heavy (non-hydrogen) atoms.